The first kappa shape index (κ1) is 32.3. The Morgan fingerprint density at radius 3 is 2.33 bits per heavy atom. The third-order valence-electron chi connectivity index (χ3n) is 6.71. The Labute approximate surface area is 250 Å². The molecule has 0 aliphatic carbocycles. The number of anilines is 2. The molecule has 42 heavy (non-hydrogen) atoms. The number of ether oxygens (including phenoxy) is 3. The average Bonchev–Trinajstić information content (AvgIpc) is 3.37. The molecular weight excluding hydrogens is 564 g/mol. The summed E-state index contributed by atoms with van der Waals surface area (Å²) < 4.78 is 21.8. The first-order valence-electron chi connectivity index (χ1n) is 13.4. The number of carbonyl (C=O) groups is 3. The molecule has 2 N–H and O–H groups in total. The first-order chi connectivity index (χ1) is 19.9. The summed E-state index contributed by atoms with van der Waals surface area (Å²) in [5, 5.41) is 9.73. The topological polar surface area (TPSA) is 132 Å². The Hall–Kier alpha value is -4.25. The minimum atomic E-state index is -1.26. The number of rotatable bonds is 13. The minimum absolute atomic E-state index is 0.200. The number of hydrogen-bond acceptors (Lipinski definition) is 8. The lowest BCUT2D eigenvalue weighted by atomic mass is 9.97. The molecule has 0 spiro atoms. The molecule has 3 rings (SSSR count). The van der Waals surface area contributed by atoms with Crippen molar-refractivity contribution < 1.29 is 33.1 Å². The van der Waals surface area contributed by atoms with Crippen LogP contribution in [0.15, 0.2) is 47.0 Å². The van der Waals surface area contributed by atoms with Gasteiger partial charge in [-0.25, -0.2) is 0 Å². The third kappa shape index (κ3) is 7.73. The van der Waals surface area contributed by atoms with E-state index in [1.807, 2.05) is 20.8 Å². The lowest BCUT2D eigenvalue weighted by molar-refractivity contribution is -0.128. The molecule has 12 heteroatoms. The van der Waals surface area contributed by atoms with Crippen LogP contribution in [0.5, 0.6) is 17.2 Å². The molecular formula is C30H37ClN4O7. The summed E-state index contributed by atoms with van der Waals surface area (Å²) in [5.41, 5.74) is -0.00880. The van der Waals surface area contributed by atoms with E-state index in [0.717, 1.165) is 0 Å². The molecule has 1 aromatic heterocycles. The third-order valence-corrected chi connectivity index (χ3v) is 6.95. The van der Waals surface area contributed by atoms with E-state index in [2.05, 4.69) is 15.8 Å². The van der Waals surface area contributed by atoms with Gasteiger partial charge in [-0.1, -0.05) is 35.8 Å². The highest BCUT2D eigenvalue weighted by atomic mass is 35.5. The zero-order valence-corrected chi connectivity index (χ0v) is 25.6. The van der Waals surface area contributed by atoms with Crippen LogP contribution in [0.4, 0.5) is 11.5 Å². The van der Waals surface area contributed by atoms with Gasteiger partial charge in [-0.2, -0.15) is 0 Å². The van der Waals surface area contributed by atoms with Crippen LogP contribution >= 0.6 is 11.6 Å². The van der Waals surface area contributed by atoms with Gasteiger partial charge in [-0.05, 0) is 51.5 Å². The fourth-order valence-electron chi connectivity index (χ4n) is 4.26. The molecule has 0 aliphatic rings. The average molecular weight is 601 g/mol. The minimum Gasteiger partial charge on any atom is -0.495 e. The van der Waals surface area contributed by atoms with E-state index in [0.29, 0.717) is 34.3 Å². The number of aryl methyl sites for hydroxylation is 1. The summed E-state index contributed by atoms with van der Waals surface area (Å²) in [6.45, 7) is 7.40. The normalized spacial score (nSPS) is 11.8. The second-order valence-corrected chi connectivity index (χ2v) is 10.6. The fourth-order valence-corrected chi connectivity index (χ4v) is 4.42. The largest absolute Gasteiger partial charge is 0.495 e. The van der Waals surface area contributed by atoms with E-state index >= 15 is 0 Å². The molecule has 0 fully saturated rings. The highest BCUT2D eigenvalue weighted by Crippen LogP contribution is 2.42. The van der Waals surface area contributed by atoms with Gasteiger partial charge in [0.15, 0.2) is 17.3 Å². The van der Waals surface area contributed by atoms with E-state index in [1.54, 1.807) is 43.3 Å². The number of carbonyl (C=O) groups excluding carboxylic acids is 3. The van der Waals surface area contributed by atoms with Crippen LogP contribution in [0, 0.1) is 6.92 Å². The monoisotopic (exact) mass is 600 g/mol. The van der Waals surface area contributed by atoms with Crippen molar-refractivity contribution in [3.8, 4) is 17.2 Å². The number of hydrogen-bond donors (Lipinski definition) is 2. The second kappa shape index (κ2) is 14.1. The van der Waals surface area contributed by atoms with Crippen LogP contribution in [0.2, 0.25) is 5.02 Å². The molecule has 0 saturated carbocycles. The first-order valence-corrected chi connectivity index (χ1v) is 13.7. The number of halogens is 1. The van der Waals surface area contributed by atoms with Crippen molar-refractivity contribution in [1.82, 2.24) is 10.5 Å². The molecule has 0 saturated heterocycles. The number of methoxy groups -OCH3 is 3. The van der Waals surface area contributed by atoms with Crippen LogP contribution < -0.4 is 29.7 Å². The van der Waals surface area contributed by atoms with Gasteiger partial charge in [0.05, 0.1) is 27.0 Å². The Morgan fingerprint density at radius 2 is 1.74 bits per heavy atom. The summed E-state index contributed by atoms with van der Waals surface area (Å²) in [4.78, 5) is 42.4. The van der Waals surface area contributed by atoms with Gasteiger partial charge in [-0.3, -0.25) is 19.3 Å². The molecule has 11 nitrogen and oxygen atoms in total. The summed E-state index contributed by atoms with van der Waals surface area (Å²) in [5.74, 6) is 0.219. The van der Waals surface area contributed by atoms with E-state index in [1.165, 1.54) is 32.3 Å². The predicted molar refractivity (Wildman–Crippen MR) is 159 cm³/mol. The number of nitrogens with zero attached hydrogens (tertiary/aromatic N) is 2. The Balaban J connectivity index is 2.15. The maximum atomic E-state index is 14.2. The number of nitrogens with one attached hydrogen (secondary N) is 2. The van der Waals surface area contributed by atoms with Gasteiger partial charge >= 0.3 is 0 Å². The van der Waals surface area contributed by atoms with Gasteiger partial charge in [-0.15, -0.1) is 0 Å². The predicted octanol–water partition coefficient (Wildman–Crippen LogP) is 5.46. The van der Waals surface area contributed by atoms with Crippen LogP contribution in [-0.4, -0.2) is 49.7 Å². The van der Waals surface area contributed by atoms with Crippen molar-refractivity contribution in [3.05, 3.63) is 58.8 Å². The molecule has 0 unspecified atom stereocenters. The smallest absolute Gasteiger partial charge is 0.248 e. The van der Waals surface area contributed by atoms with Crippen molar-refractivity contribution in [2.45, 2.75) is 58.5 Å². The van der Waals surface area contributed by atoms with E-state index < -0.39 is 29.3 Å². The lowest BCUT2D eigenvalue weighted by Gasteiger charge is -2.36. The maximum Gasteiger partial charge on any atom is 0.248 e. The standard InChI is InChI=1S/C30H37ClN4O7/c1-8-30(3,4)33-29(38)27(20-10-9-11-23(40-6)28(20)41-7)35(21-17-19(31)12-13-22(21)39-5)26(37)15-14-25(36)32-24-16-18(2)42-34-24/h9-13,16-17,27H,8,14-15H2,1-7H3,(H,33,38)(H,32,34,36)/t27-/m1/s1. The van der Waals surface area contributed by atoms with Gasteiger partial charge in [0, 0.05) is 35.0 Å². The lowest BCUT2D eigenvalue weighted by Crippen LogP contribution is -2.50. The van der Waals surface area contributed by atoms with Gasteiger partial charge in [0.1, 0.15) is 17.6 Å². The number of amides is 3. The van der Waals surface area contributed by atoms with Gasteiger partial charge in [0.25, 0.3) is 0 Å². The maximum absolute atomic E-state index is 14.2. The molecule has 0 bridgehead atoms. The van der Waals surface area contributed by atoms with Gasteiger partial charge < -0.3 is 29.4 Å². The van der Waals surface area contributed by atoms with Crippen LogP contribution in [0.25, 0.3) is 0 Å². The Kier molecular flexibility index (Phi) is 10.8. The van der Waals surface area contributed by atoms with Gasteiger partial charge in [0.2, 0.25) is 17.7 Å². The van der Waals surface area contributed by atoms with E-state index in [4.69, 9.17) is 30.3 Å². The molecule has 3 amide bonds. The van der Waals surface area contributed by atoms with Crippen LogP contribution in [0.3, 0.4) is 0 Å². The molecule has 226 valence electrons. The highest BCUT2D eigenvalue weighted by molar-refractivity contribution is 6.31. The highest BCUT2D eigenvalue weighted by Gasteiger charge is 2.38. The number of para-hydroxylation sites is 1. The summed E-state index contributed by atoms with van der Waals surface area (Å²) >= 11 is 6.39. The molecule has 2 aromatic carbocycles. The molecule has 1 heterocycles. The van der Waals surface area contributed by atoms with E-state index in [9.17, 15) is 14.4 Å². The molecule has 3 aromatic rings. The zero-order valence-electron chi connectivity index (χ0n) is 24.9. The van der Waals surface area contributed by atoms with E-state index in [-0.39, 0.29) is 30.1 Å². The molecule has 0 radical (unpaired) electrons. The Morgan fingerprint density at radius 1 is 1.02 bits per heavy atom. The summed E-state index contributed by atoms with van der Waals surface area (Å²) in [6, 6.07) is 10.1. The van der Waals surface area contributed by atoms with Crippen molar-refractivity contribution in [3.63, 3.8) is 0 Å². The summed E-state index contributed by atoms with van der Waals surface area (Å²) in [7, 11) is 4.38. The molecule has 1 atom stereocenters. The second-order valence-electron chi connectivity index (χ2n) is 10.2. The Bertz CT molecular complexity index is 1420. The van der Waals surface area contributed by atoms with Crippen LogP contribution in [-0.2, 0) is 14.4 Å². The number of aromatic nitrogens is 1. The van der Waals surface area contributed by atoms with Crippen molar-refractivity contribution >= 4 is 40.8 Å². The van der Waals surface area contributed by atoms with Crippen molar-refractivity contribution in [2.75, 3.05) is 31.5 Å². The number of benzene rings is 2. The quantitative estimate of drug-likeness (QED) is 0.264. The van der Waals surface area contributed by atoms with Crippen molar-refractivity contribution in [1.29, 1.82) is 0 Å². The van der Waals surface area contributed by atoms with Crippen LogP contribution in [0.1, 0.15) is 57.4 Å². The molecule has 0 aliphatic heterocycles. The summed E-state index contributed by atoms with van der Waals surface area (Å²) in [6.07, 6.45) is 0.163. The zero-order chi connectivity index (χ0) is 31.0. The van der Waals surface area contributed by atoms with Crippen molar-refractivity contribution in [2.24, 2.45) is 0 Å². The SMILES string of the molecule is CCC(C)(C)NC(=O)[C@@H](c1cccc(OC)c1OC)N(C(=O)CCC(=O)Nc1cc(C)on1)c1cc(Cl)ccc1OC. The fraction of sp³-hybridized carbons (Fsp3) is 0.400.